The van der Waals surface area contributed by atoms with Crippen molar-refractivity contribution in [2.24, 2.45) is 0 Å². The Labute approximate surface area is 106 Å². The largest absolute Gasteiger partial charge is 0.379 e. The van der Waals surface area contributed by atoms with Gasteiger partial charge in [0.2, 0.25) is 0 Å². The van der Waals surface area contributed by atoms with Gasteiger partial charge >= 0.3 is 0 Å². The zero-order valence-electron chi connectivity index (χ0n) is 10.7. The molecule has 0 saturated carbocycles. The fourth-order valence-corrected chi connectivity index (χ4v) is 2.01. The fraction of sp³-hybridized carbons (Fsp3) is 0.615. The van der Waals surface area contributed by atoms with E-state index in [9.17, 15) is 8.78 Å². The molecule has 0 atom stereocenters. The van der Waals surface area contributed by atoms with Crippen molar-refractivity contribution in [2.45, 2.75) is 26.3 Å². The van der Waals surface area contributed by atoms with Crippen molar-refractivity contribution in [1.82, 2.24) is 9.88 Å². The highest BCUT2D eigenvalue weighted by atomic mass is 19.1. The van der Waals surface area contributed by atoms with Crippen molar-refractivity contribution >= 4 is 0 Å². The lowest BCUT2D eigenvalue weighted by Crippen LogP contribution is -2.36. The van der Waals surface area contributed by atoms with Crippen LogP contribution in [0.15, 0.2) is 6.07 Å². The predicted octanol–water partition coefficient (Wildman–Crippen LogP) is 2.32. The van der Waals surface area contributed by atoms with Crippen LogP contribution in [0.3, 0.4) is 0 Å². The number of aromatic nitrogens is 1. The molecule has 5 heteroatoms. The van der Waals surface area contributed by atoms with E-state index in [0.717, 1.165) is 19.2 Å². The Morgan fingerprint density at radius 2 is 1.94 bits per heavy atom. The van der Waals surface area contributed by atoms with E-state index in [0.29, 0.717) is 31.1 Å². The van der Waals surface area contributed by atoms with Crippen LogP contribution in [-0.4, -0.2) is 36.2 Å². The molecule has 2 heterocycles. The van der Waals surface area contributed by atoms with Crippen LogP contribution in [0.2, 0.25) is 0 Å². The van der Waals surface area contributed by atoms with Crippen molar-refractivity contribution in [3.63, 3.8) is 0 Å². The molecule has 1 aliphatic rings. The van der Waals surface area contributed by atoms with Crippen molar-refractivity contribution in [1.29, 1.82) is 0 Å². The summed E-state index contributed by atoms with van der Waals surface area (Å²) in [7, 11) is 0. The lowest BCUT2D eigenvalue weighted by Gasteiger charge is -2.26. The van der Waals surface area contributed by atoms with E-state index in [1.54, 1.807) is 0 Å². The number of ether oxygens (including phenoxy) is 1. The molecule has 1 aliphatic heterocycles. The highest BCUT2D eigenvalue weighted by molar-refractivity contribution is 5.18. The molecular formula is C13H18F2N2O. The molecule has 0 spiro atoms. The van der Waals surface area contributed by atoms with Gasteiger partial charge in [-0.05, 0) is 5.92 Å². The maximum atomic E-state index is 13.7. The number of pyridine rings is 1. The van der Waals surface area contributed by atoms with Gasteiger partial charge in [-0.3, -0.25) is 9.88 Å². The molecule has 100 valence electrons. The first-order valence-corrected chi connectivity index (χ1v) is 6.23. The first kappa shape index (κ1) is 13.4. The van der Waals surface area contributed by atoms with Gasteiger partial charge < -0.3 is 4.74 Å². The summed E-state index contributed by atoms with van der Waals surface area (Å²) < 4.78 is 32.4. The monoisotopic (exact) mass is 256 g/mol. The van der Waals surface area contributed by atoms with E-state index >= 15 is 0 Å². The Kier molecular flexibility index (Phi) is 4.24. The number of halogens is 2. The fourth-order valence-electron chi connectivity index (χ4n) is 2.01. The molecule has 0 unspecified atom stereocenters. The normalized spacial score (nSPS) is 17.4. The van der Waals surface area contributed by atoms with Crippen LogP contribution in [0.4, 0.5) is 8.78 Å². The summed E-state index contributed by atoms with van der Waals surface area (Å²) in [6, 6.07) is 0.943. The van der Waals surface area contributed by atoms with E-state index < -0.39 is 11.6 Å². The highest BCUT2D eigenvalue weighted by Crippen LogP contribution is 2.19. The molecule has 18 heavy (non-hydrogen) atoms. The predicted molar refractivity (Wildman–Crippen MR) is 64.3 cm³/mol. The molecule has 1 fully saturated rings. The van der Waals surface area contributed by atoms with Crippen molar-refractivity contribution in [2.75, 3.05) is 26.3 Å². The molecule has 0 N–H and O–H groups in total. The smallest absolute Gasteiger partial charge is 0.148 e. The maximum Gasteiger partial charge on any atom is 0.148 e. The Bertz CT molecular complexity index is 418. The maximum absolute atomic E-state index is 13.7. The van der Waals surface area contributed by atoms with Gasteiger partial charge in [0, 0.05) is 25.7 Å². The zero-order valence-corrected chi connectivity index (χ0v) is 10.7. The Morgan fingerprint density at radius 3 is 2.56 bits per heavy atom. The lowest BCUT2D eigenvalue weighted by atomic mass is 10.1. The summed E-state index contributed by atoms with van der Waals surface area (Å²) in [6.45, 7) is 6.93. The minimum atomic E-state index is -0.566. The van der Waals surface area contributed by atoms with Crippen molar-refractivity contribution in [3.8, 4) is 0 Å². The lowest BCUT2D eigenvalue weighted by molar-refractivity contribution is 0.0331. The first-order valence-electron chi connectivity index (χ1n) is 6.23. The Morgan fingerprint density at radius 1 is 1.28 bits per heavy atom. The van der Waals surface area contributed by atoms with Gasteiger partial charge in [-0.2, -0.15) is 0 Å². The second kappa shape index (κ2) is 5.71. The summed E-state index contributed by atoms with van der Waals surface area (Å²) in [5.74, 6) is -1.18. The number of hydrogen-bond acceptors (Lipinski definition) is 3. The van der Waals surface area contributed by atoms with Gasteiger partial charge in [-0.15, -0.1) is 0 Å². The Balaban J connectivity index is 2.18. The third-order valence-corrected chi connectivity index (χ3v) is 3.05. The van der Waals surface area contributed by atoms with E-state index in [4.69, 9.17) is 4.74 Å². The number of rotatable bonds is 3. The van der Waals surface area contributed by atoms with Gasteiger partial charge in [-0.25, -0.2) is 8.78 Å². The highest BCUT2D eigenvalue weighted by Gasteiger charge is 2.18. The van der Waals surface area contributed by atoms with E-state index in [-0.39, 0.29) is 5.92 Å². The molecule has 0 aliphatic carbocycles. The van der Waals surface area contributed by atoms with E-state index in [1.807, 2.05) is 13.8 Å². The summed E-state index contributed by atoms with van der Waals surface area (Å²) in [4.78, 5) is 6.20. The van der Waals surface area contributed by atoms with Crippen LogP contribution in [-0.2, 0) is 11.3 Å². The number of morpholine rings is 1. The van der Waals surface area contributed by atoms with Crippen LogP contribution in [0.25, 0.3) is 0 Å². The average molecular weight is 256 g/mol. The van der Waals surface area contributed by atoms with Crippen molar-refractivity contribution in [3.05, 3.63) is 29.1 Å². The minimum absolute atomic E-state index is 0.0472. The second-order valence-corrected chi connectivity index (χ2v) is 4.83. The molecule has 0 bridgehead atoms. The van der Waals surface area contributed by atoms with Crippen LogP contribution < -0.4 is 0 Å². The summed E-state index contributed by atoms with van der Waals surface area (Å²) in [5, 5.41) is 0. The third kappa shape index (κ3) is 3.03. The molecule has 2 rings (SSSR count). The average Bonchev–Trinajstić information content (AvgIpc) is 2.33. The quantitative estimate of drug-likeness (QED) is 0.830. The topological polar surface area (TPSA) is 25.4 Å². The molecule has 1 aromatic heterocycles. The molecule has 1 aromatic rings. The van der Waals surface area contributed by atoms with Gasteiger partial charge in [-0.1, -0.05) is 13.8 Å². The standard InChI is InChI=1S/C13H18F2N2O/c1-9(2)13-11(15)7-10(14)12(16-13)8-17-3-5-18-6-4-17/h7,9H,3-6,8H2,1-2H3. The number of hydrogen-bond donors (Lipinski definition) is 0. The summed E-state index contributed by atoms with van der Waals surface area (Å²) in [6.07, 6.45) is 0. The van der Waals surface area contributed by atoms with Gasteiger partial charge in [0.05, 0.1) is 24.6 Å². The van der Waals surface area contributed by atoms with E-state index in [1.165, 1.54) is 0 Å². The SMILES string of the molecule is CC(C)c1nc(CN2CCOCC2)c(F)cc1F. The molecule has 0 amide bonds. The molecule has 0 aromatic carbocycles. The summed E-state index contributed by atoms with van der Waals surface area (Å²) >= 11 is 0. The van der Waals surface area contributed by atoms with Gasteiger partial charge in [0.15, 0.2) is 0 Å². The minimum Gasteiger partial charge on any atom is -0.379 e. The van der Waals surface area contributed by atoms with Crippen LogP contribution in [0.5, 0.6) is 0 Å². The second-order valence-electron chi connectivity index (χ2n) is 4.83. The van der Waals surface area contributed by atoms with Crippen LogP contribution in [0, 0.1) is 11.6 Å². The molecule has 1 saturated heterocycles. The van der Waals surface area contributed by atoms with Gasteiger partial charge in [0.25, 0.3) is 0 Å². The zero-order chi connectivity index (χ0) is 13.1. The van der Waals surface area contributed by atoms with Crippen molar-refractivity contribution < 1.29 is 13.5 Å². The van der Waals surface area contributed by atoms with E-state index in [2.05, 4.69) is 9.88 Å². The molecular weight excluding hydrogens is 238 g/mol. The summed E-state index contributed by atoms with van der Waals surface area (Å²) in [5.41, 5.74) is 0.654. The molecule has 3 nitrogen and oxygen atoms in total. The molecule has 0 radical (unpaired) electrons. The third-order valence-electron chi connectivity index (χ3n) is 3.05. The van der Waals surface area contributed by atoms with Crippen LogP contribution in [0.1, 0.15) is 31.2 Å². The van der Waals surface area contributed by atoms with Crippen LogP contribution >= 0.6 is 0 Å². The van der Waals surface area contributed by atoms with Gasteiger partial charge in [0.1, 0.15) is 11.6 Å². The number of nitrogens with zero attached hydrogens (tertiary/aromatic N) is 2. The first-order chi connectivity index (χ1) is 8.58. The Hall–Kier alpha value is -1.07.